The number of likely N-dealkylation sites (tertiary alicyclic amines) is 1. The average Bonchev–Trinajstić information content (AvgIpc) is 3.05. The molecule has 1 N–H and O–H groups in total. The molecule has 2 atom stereocenters. The van der Waals surface area contributed by atoms with Crippen LogP contribution in [0, 0.1) is 5.92 Å². The number of hydrogen-bond acceptors (Lipinski definition) is 3. The molecule has 1 aliphatic heterocycles. The molecule has 0 spiro atoms. The summed E-state index contributed by atoms with van der Waals surface area (Å²) in [5.74, 6) is 1.00. The van der Waals surface area contributed by atoms with E-state index >= 15 is 0 Å². The van der Waals surface area contributed by atoms with Crippen LogP contribution in [-0.2, 0) is 0 Å². The van der Waals surface area contributed by atoms with Crippen molar-refractivity contribution < 1.29 is 4.79 Å². The molecule has 0 unspecified atom stereocenters. The monoisotopic (exact) mass is 295 g/mol. The van der Waals surface area contributed by atoms with Gasteiger partial charge in [-0.15, -0.1) is 11.3 Å². The molecule has 1 aromatic heterocycles. The Morgan fingerprint density at radius 2 is 2.40 bits per heavy atom. The lowest BCUT2D eigenvalue weighted by Gasteiger charge is -2.20. The molecule has 1 aromatic rings. The van der Waals surface area contributed by atoms with E-state index in [1.807, 2.05) is 4.90 Å². The van der Waals surface area contributed by atoms with Crippen molar-refractivity contribution in [2.24, 2.45) is 5.92 Å². The van der Waals surface area contributed by atoms with Crippen molar-refractivity contribution in [3.8, 4) is 0 Å². The van der Waals surface area contributed by atoms with Crippen LogP contribution < -0.4 is 5.32 Å². The molecule has 1 saturated heterocycles. The van der Waals surface area contributed by atoms with Crippen molar-refractivity contribution in [1.29, 1.82) is 0 Å². The maximum atomic E-state index is 12.2. The van der Waals surface area contributed by atoms with Gasteiger partial charge in [-0.2, -0.15) is 0 Å². The van der Waals surface area contributed by atoms with Crippen LogP contribution in [0.1, 0.15) is 24.1 Å². The first-order chi connectivity index (χ1) is 9.56. The van der Waals surface area contributed by atoms with Crippen molar-refractivity contribution in [1.82, 2.24) is 15.1 Å². The molecule has 112 valence electrons. The number of hydrogen-bond donors (Lipinski definition) is 1. The quantitative estimate of drug-likeness (QED) is 0.905. The molecule has 4 nitrogen and oxygen atoms in total. The third-order valence-electron chi connectivity index (χ3n) is 3.78. The third-order valence-corrected chi connectivity index (χ3v) is 4.89. The van der Waals surface area contributed by atoms with Gasteiger partial charge in [-0.05, 0) is 37.9 Å². The second-order valence-electron chi connectivity index (χ2n) is 5.97. The van der Waals surface area contributed by atoms with Gasteiger partial charge in [0.25, 0.3) is 0 Å². The second-order valence-corrected chi connectivity index (χ2v) is 6.94. The lowest BCUT2D eigenvalue weighted by atomic mass is 10.1. The Kier molecular flexibility index (Phi) is 5.43. The number of thiophene rings is 1. The van der Waals surface area contributed by atoms with Crippen LogP contribution >= 0.6 is 11.3 Å². The van der Waals surface area contributed by atoms with Crippen LogP contribution in [0.3, 0.4) is 0 Å². The summed E-state index contributed by atoms with van der Waals surface area (Å²) < 4.78 is 0. The Morgan fingerprint density at radius 1 is 1.60 bits per heavy atom. The summed E-state index contributed by atoms with van der Waals surface area (Å²) in [7, 11) is 4.18. The fraction of sp³-hybridized carbons (Fsp3) is 0.667. The number of carbonyl (C=O) groups is 1. The van der Waals surface area contributed by atoms with E-state index in [-0.39, 0.29) is 6.03 Å². The molecule has 2 amide bonds. The van der Waals surface area contributed by atoms with Gasteiger partial charge < -0.3 is 15.1 Å². The molecule has 20 heavy (non-hydrogen) atoms. The first-order valence-corrected chi connectivity index (χ1v) is 8.15. The summed E-state index contributed by atoms with van der Waals surface area (Å²) in [5.41, 5.74) is 0. The highest BCUT2D eigenvalue weighted by Gasteiger charge is 2.26. The van der Waals surface area contributed by atoms with Gasteiger partial charge in [0.2, 0.25) is 0 Å². The van der Waals surface area contributed by atoms with Crippen LogP contribution in [-0.4, -0.2) is 56.1 Å². The maximum Gasteiger partial charge on any atom is 0.317 e. The fourth-order valence-corrected chi connectivity index (χ4v) is 3.49. The van der Waals surface area contributed by atoms with E-state index in [9.17, 15) is 4.79 Å². The predicted octanol–water partition coefficient (Wildman–Crippen LogP) is 2.44. The van der Waals surface area contributed by atoms with Gasteiger partial charge in [-0.3, -0.25) is 0 Å². The van der Waals surface area contributed by atoms with Crippen molar-refractivity contribution in [3.05, 3.63) is 22.4 Å². The Morgan fingerprint density at radius 3 is 3.05 bits per heavy atom. The van der Waals surface area contributed by atoms with Gasteiger partial charge in [-0.1, -0.05) is 13.0 Å². The highest BCUT2D eigenvalue weighted by Crippen LogP contribution is 2.20. The molecule has 1 aliphatic rings. The van der Waals surface area contributed by atoms with Gasteiger partial charge >= 0.3 is 6.03 Å². The molecule has 2 heterocycles. The number of nitrogens with zero attached hydrogens (tertiary/aromatic N) is 2. The third kappa shape index (κ3) is 4.21. The van der Waals surface area contributed by atoms with Crippen LogP contribution in [0.25, 0.3) is 0 Å². The number of nitrogens with one attached hydrogen (secondary N) is 1. The maximum absolute atomic E-state index is 12.2. The molecular formula is C15H25N3OS. The van der Waals surface area contributed by atoms with Gasteiger partial charge in [0.1, 0.15) is 0 Å². The zero-order valence-electron chi connectivity index (χ0n) is 12.6. The van der Waals surface area contributed by atoms with Crippen molar-refractivity contribution in [3.63, 3.8) is 0 Å². The minimum atomic E-state index is 0.0923. The molecule has 2 rings (SSSR count). The van der Waals surface area contributed by atoms with E-state index in [2.05, 4.69) is 48.7 Å². The summed E-state index contributed by atoms with van der Waals surface area (Å²) in [5, 5.41) is 5.15. The van der Waals surface area contributed by atoms with Gasteiger partial charge in [-0.25, -0.2) is 4.79 Å². The summed E-state index contributed by atoms with van der Waals surface area (Å²) in [4.78, 5) is 17.6. The average molecular weight is 295 g/mol. The summed E-state index contributed by atoms with van der Waals surface area (Å²) in [6.45, 7) is 5.71. The van der Waals surface area contributed by atoms with E-state index < -0.39 is 0 Å². The van der Waals surface area contributed by atoms with Crippen LogP contribution in [0.5, 0.6) is 0 Å². The van der Waals surface area contributed by atoms with Crippen LogP contribution in [0.15, 0.2) is 17.5 Å². The molecule has 0 aromatic carbocycles. The Labute approximate surface area is 125 Å². The van der Waals surface area contributed by atoms with E-state index in [1.54, 1.807) is 11.3 Å². The minimum Gasteiger partial charge on any atom is -0.337 e. The Bertz CT molecular complexity index is 419. The highest BCUT2D eigenvalue weighted by molar-refractivity contribution is 7.10. The number of rotatable bonds is 5. The molecule has 1 fully saturated rings. The van der Waals surface area contributed by atoms with Crippen LogP contribution in [0.4, 0.5) is 4.79 Å². The van der Waals surface area contributed by atoms with E-state index in [1.165, 1.54) is 4.88 Å². The minimum absolute atomic E-state index is 0.0923. The van der Waals surface area contributed by atoms with E-state index in [0.717, 1.165) is 26.1 Å². The largest absolute Gasteiger partial charge is 0.337 e. The predicted molar refractivity (Wildman–Crippen MR) is 84.4 cm³/mol. The van der Waals surface area contributed by atoms with Gasteiger partial charge in [0, 0.05) is 37.0 Å². The number of amides is 2. The Balaban J connectivity index is 1.73. The molecule has 0 aliphatic carbocycles. The van der Waals surface area contributed by atoms with Crippen LogP contribution in [0.2, 0.25) is 0 Å². The molecular weight excluding hydrogens is 270 g/mol. The highest BCUT2D eigenvalue weighted by atomic mass is 32.1. The molecule has 0 saturated carbocycles. The Hall–Kier alpha value is -1.07. The zero-order chi connectivity index (χ0) is 14.5. The normalized spacial score (nSPS) is 20.4. The number of carbonyl (C=O) groups excluding carboxylic acids is 1. The standard InChI is InChI=1S/C15H25N3OS/c1-12(14-5-4-8-20-14)9-16-15(19)18-7-6-13(11-18)10-17(2)3/h4-5,8,12-13H,6-7,9-11H2,1-3H3,(H,16,19)/t12-,13-/m0/s1. The summed E-state index contributed by atoms with van der Waals surface area (Å²) in [6, 6.07) is 4.28. The first kappa shape index (κ1) is 15.3. The number of urea groups is 1. The smallest absolute Gasteiger partial charge is 0.317 e. The fourth-order valence-electron chi connectivity index (χ4n) is 2.71. The van der Waals surface area contributed by atoms with E-state index in [0.29, 0.717) is 18.4 Å². The van der Waals surface area contributed by atoms with E-state index in [4.69, 9.17) is 0 Å². The molecule has 0 radical (unpaired) electrons. The second kappa shape index (κ2) is 7.09. The van der Waals surface area contributed by atoms with Gasteiger partial charge in [0.05, 0.1) is 0 Å². The van der Waals surface area contributed by atoms with Crippen molar-refractivity contribution in [2.75, 3.05) is 40.3 Å². The summed E-state index contributed by atoms with van der Waals surface area (Å²) >= 11 is 1.75. The zero-order valence-corrected chi connectivity index (χ0v) is 13.4. The van der Waals surface area contributed by atoms with Crippen molar-refractivity contribution >= 4 is 17.4 Å². The topological polar surface area (TPSA) is 35.6 Å². The summed E-state index contributed by atoms with van der Waals surface area (Å²) in [6.07, 6.45) is 1.12. The lowest BCUT2D eigenvalue weighted by molar-refractivity contribution is 0.205. The van der Waals surface area contributed by atoms with Crippen molar-refractivity contribution in [2.45, 2.75) is 19.3 Å². The lowest BCUT2D eigenvalue weighted by Crippen LogP contribution is -2.40. The first-order valence-electron chi connectivity index (χ1n) is 7.27. The molecule has 0 bridgehead atoms. The van der Waals surface area contributed by atoms with Gasteiger partial charge in [0.15, 0.2) is 0 Å². The SMILES string of the molecule is C[C@@H](CNC(=O)N1CC[C@@H](CN(C)C)C1)c1cccs1. The molecule has 5 heteroatoms.